The standard InChI is InChI=1S/C31H46F3IO4S/c1-2-3-4-5-6-7-8-9-10-11-12-13-14-15-16-20-27-38-30-25-23-29(24-26-30)35(28-21-18-17-19-22-28)39-40(36,37)31(32,33)34/h17-19,21-26H,2-16,20,27H2,1H3. The van der Waals surface area contributed by atoms with Gasteiger partial charge >= 0.3 is 177 Å². The van der Waals surface area contributed by atoms with Gasteiger partial charge in [0.15, 0.2) is 0 Å². The van der Waals surface area contributed by atoms with Crippen molar-refractivity contribution in [1.29, 1.82) is 0 Å². The monoisotopic (exact) mass is 698 g/mol. The normalized spacial score (nSPS) is 12.4. The van der Waals surface area contributed by atoms with Crippen LogP contribution in [-0.4, -0.2) is 20.5 Å². The van der Waals surface area contributed by atoms with Crippen LogP contribution in [0.25, 0.3) is 0 Å². The van der Waals surface area contributed by atoms with E-state index in [-0.39, 0.29) is 0 Å². The van der Waals surface area contributed by atoms with E-state index in [1.807, 2.05) is 0 Å². The molecule has 0 atom stereocenters. The zero-order valence-electron chi connectivity index (χ0n) is 23.8. The van der Waals surface area contributed by atoms with Gasteiger partial charge in [0.2, 0.25) is 0 Å². The van der Waals surface area contributed by atoms with Crippen LogP contribution in [0.4, 0.5) is 13.2 Å². The molecule has 2 rings (SSSR count). The fourth-order valence-electron chi connectivity index (χ4n) is 4.33. The molecule has 0 saturated carbocycles. The molecule has 0 amide bonds. The quantitative estimate of drug-likeness (QED) is 0.0698. The summed E-state index contributed by atoms with van der Waals surface area (Å²) in [5.74, 6) is 0.604. The van der Waals surface area contributed by atoms with Gasteiger partial charge in [-0.05, 0) is 0 Å². The second-order valence-electron chi connectivity index (χ2n) is 10.1. The molecule has 0 aliphatic heterocycles. The Balaban J connectivity index is 1.61. The Morgan fingerprint density at radius 2 is 1.05 bits per heavy atom. The van der Waals surface area contributed by atoms with Gasteiger partial charge in [-0.15, -0.1) is 0 Å². The average Bonchev–Trinajstić information content (AvgIpc) is 2.94. The Hall–Kier alpha value is -1.33. The van der Waals surface area contributed by atoms with Gasteiger partial charge in [-0.1, -0.05) is 71.1 Å². The molecule has 0 fully saturated rings. The van der Waals surface area contributed by atoms with Crippen LogP contribution in [0, 0.1) is 7.14 Å². The van der Waals surface area contributed by atoms with Crippen LogP contribution in [0.3, 0.4) is 0 Å². The van der Waals surface area contributed by atoms with Crippen molar-refractivity contribution >= 4 is 30.4 Å². The molecule has 0 aromatic heterocycles. The first kappa shape index (κ1) is 34.9. The predicted molar refractivity (Wildman–Crippen MR) is 165 cm³/mol. The van der Waals surface area contributed by atoms with Gasteiger partial charge in [-0.2, -0.15) is 0 Å². The Kier molecular flexibility index (Phi) is 17.2. The van der Waals surface area contributed by atoms with E-state index in [1.165, 1.54) is 89.9 Å². The maximum absolute atomic E-state index is 13.0. The van der Waals surface area contributed by atoms with Crippen molar-refractivity contribution in [1.82, 2.24) is 0 Å². The van der Waals surface area contributed by atoms with Crippen molar-refractivity contribution in [2.24, 2.45) is 0 Å². The molecule has 0 radical (unpaired) electrons. The molecule has 0 heterocycles. The summed E-state index contributed by atoms with van der Waals surface area (Å²) in [6.45, 7) is 2.83. The van der Waals surface area contributed by atoms with Crippen LogP contribution in [0.2, 0.25) is 0 Å². The van der Waals surface area contributed by atoms with Gasteiger partial charge in [0.1, 0.15) is 0 Å². The minimum absolute atomic E-state index is 0.443. The second-order valence-corrected chi connectivity index (χ2v) is 16.6. The van der Waals surface area contributed by atoms with Gasteiger partial charge in [-0.25, -0.2) is 0 Å². The minimum atomic E-state index is -5.70. The number of alkyl halides is 3. The van der Waals surface area contributed by atoms with Crippen molar-refractivity contribution in [3.8, 4) is 5.75 Å². The van der Waals surface area contributed by atoms with Crippen molar-refractivity contribution in [2.75, 3.05) is 6.61 Å². The fraction of sp³-hybridized carbons (Fsp3) is 0.613. The van der Waals surface area contributed by atoms with Crippen LogP contribution >= 0.6 is 20.2 Å². The van der Waals surface area contributed by atoms with Gasteiger partial charge < -0.3 is 0 Å². The topological polar surface area (TPSA) is 52.6 Å². The molecule has 4 nitrogen and oxygen atoms in total. The first-order valence-corrected chi connectivity index (χ1v) is 19.2. The fourth-order valence-corrected chi connectivity index (χ4v) is 10.8. The number of hydrogen-bond acceptors (Lipinski definition) is 4. The summed E-state index contributed by atoms with van der Waals surface area (Å²) >= 11 is -3.35. The molecule has 0 N–H and O–H groups in total. The van der Waals surface area contributed by atoms with Gasteiger partial charge in [0, 0.05) is 0 Å². The summed E-state index contributed by atoms with van der Waals surface area (Å²) in [4.78, 5) is 0. The van der Waals surface area contributed by atoms with Crippen LogP contribution in [-0.2, 0) is 12.6 Å². The molecular formula is C31H46F3IO4S. The SMILES string of the molecule is CCCCCCCCCCCCCCCCCCOc1ccc(I(OS(=O)(=O)C(F)(F)F)c2ccccc2)cc1. The number of hydrogen-bond donors (Lipinski definition) is 0. The summed E-state index contributed by atoms with van der Waals surface area (Å²) < 4.78 is 73.9. The zero-order chi connectivity index (χ0) is 29.1. The Morgan fingerprint density at radius 1 is 0.625 bits per heavy atom. The molecular weight excluding hydrogens is 652 g/mol. The van der Waals surface area contributed by atoms with E-state index < -0.39 is 35.9 Å². The third-order valence-electron chi connectivity index (χ3n) is 6.64. The van der Waals surface area contributed by atoms with Crippen LogP contribution in [0.15, 0.2) is 54.6 Å². The summed E-state index contributed by atoms with van der Waals surface area (Å²) in [7, 11) is -5.70. The first-order valence-electron chi connectivity index (χ1n) is 14.7. The molecule has 0 saturated heterocycles. The molecule has 0 aliphatic carbocycles. The van der Waals surface area contributed by atoms with Gasteiger partial charge in [0.25, 0.3) is 0 Å². The number of benzene rings is 2. The van der Waals surface area contributed by atoms with E-state index in [0.717, 1.165) is 12.8 Å². The van der Waals surface area contributed by atoms with Crippen molar-refractivity contribution in [2.45, 2.75) is 115 Å². The third-order valence-corrected chi connectivity index (χ3v) is 13.7. The molecule has 0 bridgehead atoms. The molecule has 228 valence electrons. The first-order chi connectivity index (χ1) is 19.2. The van der Waals surface area contributed by atoms with Crippen molar-refractivity contribution in [3.05, 3.63) is 61.7 Å². The van der Waals surface area contributed by atoms with Crippen molar-refractivity contribution < 1.29 is 28.8 Å². The van der Waals surface area contributed by atoms with Gasteiger partial charge in [-0.3, -0.25) is 0 Å². The molecule has 0 spiro atoms. The van der Waals surface area contributed by atoms with Gasteiger partial charge in [0.05, 0.1) is 0 Å². The van der Waals surface area contributed by atoms with E-state index in [1.54, 1.807) is 54.6 Å². The Labute approximate surface area is 247 Å². The maximum atomic E-state index is 13.0. The van der Waals surface area contributed by atoms with E-state index in [2.05, 4.69) is 6.92 Å². The number of ether oxygens (including phenoxy) is 1. The summed E-state index contributed by atoms with van der Waals surface area (Å²) in [6.07, 6.45) is 20.9. The summed E-state index contributed by atoms with van der Waals surface area (Å²) in [5, 5.41) is 0. The molecule has 0 aliphatic rings. The Bertz CT molecular complexity index is 1020. The second kappa shape index (κ2) is 19.7. The summed E-state index contributed by atoms with van der Waals surface area (Å²) in [5.41, 5.74) is -5.46. The van der Waals surface area contributed by atoms with Crippen LogP contribution < -0.4 is 4.74 Å². The molecule has 40 heavy (non-hydrogen) atoms. The van der Waals surface area contributed by atoms with Crippen LogP contribution in [0.1, 0.15) is 110 Å². The third kappa shape index (κ3) is 14.0. The van der Waals surface area contributed by atoms with Crippen LogP contribution in [0.5, 0.6) is 5.75 Å². The number of halogens is 4. The van der Waals surface area contributed by atoms with E-state index in [4.69, 9.17) is 7.25 Å². The van der Waals surface area contributed by atoms with E-state index in [0.29, 0.717) is 19.5 Å². The molecule has 9 heteroatoms. The molecule has 0 unspecified atom stereocenters. The van der Waals surface area contributed by atoms with Crippen molar-refractivity contribution in [3.63, 3.8) is 0 Å². The summed E-state index contributed by atoms with van der Waals surface area (Å²) in [6, 6.07) is 14.7. The number of unbranched alkanes of at least 4 members (excludes halogenated alkanes) is 15. The zero-order valence-corrected chi connectivity index (χ0v) is 26.7. The molecule has 2 aromatic carbocycles. The molecule has 2 aromatic rings. The van der Waals surface area contributed by atoms with E-state index >= 15 is 0 Å². The Morgan fingerprint density at radius 3 is 1.50 bits per heavy atom. The van der Waals surface area contributed by atoms with E-state index in [9.17, 15) is 21.6 Å². The average molecular weight is 699 g/mol. The number of rotatable bonds is 22. The predicted octanol–water partition coefficient (Wildman–Crippen LogP) is 10.7.